The quantitative estimate of drug-likeness (QED) is 0.473. The molecule has 0 fully saturated rings. The highest BCUT2D eigenvalue weighted by molar-refractivity contribution is 5.94. The molecule has 1 aromatic heterocycles. The fourth-order valence-corrected chi connectivity index (χ4v) is 3.12. The van der Waals surface area contributed by atoms with Crippen LogP contribution in [0.1, 0.15) is 27.4 Å². The summed E-state index contributed by atoms with van der Waals surface area (Å²) in [6.07, 6.45) is 0.664. The maximum atomic E-state index is 11.7. The average molecular weight is 398 g/mol. The molecule has 1 heterocycles. The molecule has 0 aliphatic carbocycles. The van der Waals surface area contributed by atoms with E-state index in [2.05, 4.69) is 10.3 Å². The van der Waals surface area contributed by atoms with Crippen molar-refractivity contribution in [3.05, 3.63) is 101 Å². The SMILES string of the molecule is CNC(=O)c1ccc(-c2nc(Cc3ccc(Oc4ccccc4)cc3)c(C)o2)cc1. The Bertz CT molecular complexity index is 1130. The molecule has 0 spiro atoms. The zero-order valence-electron chi connectivity index (χ0n) is 16.9. The van der Waals surface area contributed by atoms with Gasteiger partial charge < -0.3 is 14.5 Å². The molecule has 5 nitrogen and oxygen atoms in total. The monoisotopic (exact) mass is 398 g/mol. The van der Waals surface area contributed by atoms with Crippen LogP contribution in [-0.2, 0) is 6.42 Å². The summed E-state index contributed by atoms with van der Waals surface area (Å²) in [5, 5.41) is 2.61. The van der Waals surface area contributed by atoms with Gasteiger partial charge in [-0.15, -0.1) is 0 Å². The van der Waals surface area contributed by atoms with Crippen molar-refractivity contribution in [2.24, 2.45) is 0 Å². The van der Waals surface area contributed by atoms with E-state index in [4.69, 9.17) is 9.15 Å². The first-order chi connectivity index (χ1) is 14.6. The van der Waals surface area contributed by atoms with E-state index < -0.39 is 0 Å². The molecule has 1 amide bonds. The summed E-state index contributed by atoms with van der Waals surface area (Å²) < 4.78 is 11.7. The second kappa shape index (κ2) is 8.66. The van der Waals surface area contributed by atoms with Crippen molar-refractivity contribution in [1.29, 1.82) is 0 Å². The van der Waals surface area contributed by atoms with E-state index in [-0.39, 0.29) is 5.91 Å². The molecule has 0 saturated carbocycles. The number of oxazole rings is 1. The lowest BCUT2D eigenvalue weighted by Crippen LogP contribution is -2.17. The van der Waals surface area contributed by atoms with E-state index in [0.29, 0.717) is 17.9 Å². The van der Waals surface area contributed by atoms with E-state index in [9.17, 15) is 4.79 Å². The summed E-state index contributed by atoms with van der Waals surface area (Å²) in [5.74, 6) is 2.81. The summed E-state index contributed by atoms with van der Waals surface area (Å²) in [4.78, 5) is 16.4. The predicted molar refractivity (Wildman–Crippen MR) is 116 cm³/mol. The minimum atomic E-state index is -0.120. The largest absolute Gasteiger partial charge is 0.457 e. The van der Waals surface area contributed by atoms with Crippen LogP contribution in [0.4, 0.5) is 0 Å². The molecule has 0 radical (unpaired) electrons. The van der Waals surface area contributed by atoms with Crippen molar-refractivity contribution in [2.75, 3.05) is 7.05 Å². The third-order valence-electron chi connectivity index (χ3n) is 4.79. The number of carbonyl (C=O) groups is 1. The highest BCUT2D eigenvalue weighted by Gasteiger charge is 2.13. The predicted octanol–water partition coefficient (Wildman–Crippen LogP) is 5.39. The van der Waals surface area contributed by atoms with Crippen LogP contribution in [0.2, 0.25) is 0 Å². The smallest absolute Gasteiger partial charge is 0.251 e. The van der Waals surface area contributed by atoms with Gasteiger partial charge in [0.05, 0.1) is 5.69 Å². The Morgan fingerprint density at radius 2 is 1.60 bits per heavy atom. The molecule has 5 heteroatoms. The Hall–Kier alpha value is -3.86. The third kappa shape index (κ3) is 4.41. The normalized spacial score (nSPS) is 10.6. The highest BCUT2D eigenvalue weighted by Crippen LogP contribution is 2.25. The number of aromatic nitrogens is 1. The molecule has 1 N–H and O–H groups in total. The lowest BCUT2D eigenvalue weighted by Gasteiger charge is -2.06. The Kier molecular flexibility index (Phi) is 5.61. The van der Waals surface area contributed by atoms with Crippen molar-refractivity contribution < 1.29 is 13.9 Å². The number of ether oxygens (including phenoxy) is 1. The van der Waals surface area contributed by atoms with Crippen molar-refractivity contribution in [3.8, 4) is 23.0 Å². The number of benzene rings is 3. The van der Waals surface area contributed by atoms with Gasteiger partial charge in [-0.25, -0.2) is 4.98 Å². The molecule has 0 aliphatic heterocycles. The van der Waals surface area contributed by atoms with Gasteiger partial charge in [0.15, 0.2) is 0 Å². The van der Waals surface area contributed by atoms with Gasteiger partial charge in [-0.05, 0) is 61.0 Å². The fourth-order valence-electron chi connectivity index (χ4n) is 3.12. The van der Waals surface area contributed by atoms with Crippen LogP contribution >= 0.6 is 0 Å². The summed E-state index contributed by atoms with van der Waals surface area (Å²) in [7, 11) is 1.61. The van der Waals surface area contributed by atoms with Crippen molar-refractivity contribution in [3.63, 3.8) is 0 Å². The number of carbonyl (C=O) groups excluding carboxylic acids is 1. The molecule has 4 rings (SSSR count). The number of hydrogen-bond acceptors (Lipinski definition) is 4. The second-order valence-electron chi connectivity index (χ2n) is 6.91. The van der Waals surface area contributed by atoms with E-state index in [1.807, 2.05) is 73.7 Å². The topological polar surface area (TPSA) is 64.4 Å². The standard InChI is InChI=1S/C25H22N2O3/c1-17-23(27-25(29-17)20-12-10-19(11-13-20)24(28)26-2)16-18-8-14-22(15-9-18)30-21-6-4-3-5-7-21/h3-15H,16H2,1-2H3,(H,26,28). The lowest BCUT2D eigenvalue weighted by atomic mass is 10.1. The Labute approximate surface area is 175 Å². The minimum Gasteiger partial charge on any atom is -0.457 e. The molecule has 0 saturated heterocycles. The number of aryl methyl sites for hydroxylation is 1. The molecule has 0 bridgehead atoms. The number of amides is 1. The maximum Gasteiger partial charge on any atom is 0.251 e. The molecule has 0 unspecified atom stereocenters. The first-order valence-corrected chi connectivity index (χ1v) is 9.73. The van der Waals surface area contributed by atoms with Crippen LogP contribution in [0, 0.1) is 6.92 Å². The summed E-state index contributed by atoms with van der Waals surface area (Å²) in [5.41, 5.74) is 3.44. The molecule has 30 heavy (non-hydrogen) atoms. The summed E-state index contributed by atoms with van der Waals surface area (Å²) in [6.45, 7) is 1.91. The van der Waals surface area contributed by atoms with Crippen LogP contribution < -0.4 is 10.1 Å². The number of hydrogen-bond donors (Lipinski definition) is 1. The molecule has 0 aliphatic rings. The molecular formula is C25H22N2O3. The Balaban J connectivity index is 1.46. The van der Waals surface area contributed by atoms with E-state index in [1.54, 1.807) is 19.2 Å². The second-order valence-corrected chi connectivity index (χ2v) is 6.91. The van der Waals surface area contributed by atoms with Crippen molar-refractivity contribution >= 4 is 5.91 Å². The van der Waals surface area contributed by atoms with Gasteiger partial charge in [0.25, 0.3) is 5.91 Å². The van der Waals surface area contributed by atoms with Gasteiger partial charge in [0, 0.05) is 24.6 Å². The zero-order chi connectivity index (χ0) is 20.9. The van der Waals surface area contributed by atoms with E-state index >= 15 is 0 Å². The molecule has 150 valence electrons. The summed E-state index contributed by atoms with van der Waals surface area (Å²) >= 11 is 0. The maximum absolute atomic E-state index is 11.7. The number of nitrogens with one attached hydrogen (secondary N) is 1. The first kappa shape index (κ1) is 19.5. The van der Waals surface area contributed by atoms with Gasteiger partial charge in [-0.2, -0.15) is 0 Å². The highest BCUT2D eigenvalue weighted by atomic mass is 16.5. The first-order valence-electron chi connectivity index (χ1n) is 9.73. The van der Waals surface area contributed by atoms with Crippen LogP contribution in [0.5, 0.6) is 11.5 Å². The Morgan fingerprint density at radius 1 is 0.933 bits per heavy atom. The minimum absolute atomic E-state index is 0.120. The fraction of sp³-hybridized carbons (Fsp3) is 0.120. The van der Waals surface area contributed by atoms with Crippen molar-refractivity contribution in [1.82, 2.24) is 10.3 Å². The summed E-state index contributed by atoms with van der Waals surface area (Å²) in [6, 6.07) is 24.9. The van der Waals surface area contributed by atoms with Crippen LogP contribution in [-0.4, -0.2) is 17.9 Å². The third-order valence-corrected chi connectivity index (χ3v) is 4.79. The van der Waals surface area contributed by atoms with Crippen LogP contribution in [0.25, 0.3) is 11.5 Å². The van der Waals surface area contributed by atoms with E-state index in [1.165, 1.54) is 0 Å². The molecule has 3 aromatic carbocycles. The number of para-hydroxylation sites is 1. The van der Waals surface area contributed by atoms with Crippen LogP contribution in [0.3, 0.4) is 0 Å². The average Bonchev–Trinajstić information content (AvgIpc) is 3.15. The van der Waals surface area contributed by atoms with Gasteiger partial charge in [0.2, 0.25) is 5.89 Å². The van der Waals surface area contributed by atoms with Gasteiger partial charge in [-0.1, -0.05) is 30.3 Å². The number of nitrogens with zero attached hydrogens (tertiary/aromatic N) is 1. The zero-order valence-corrected chi connectivity index (χ0v) is 16.9. The van der Waals surface area contributed by atoms with Gasteiger partial charge in [0.1, 0.15) is 17.3 Å². The van der Waals surface area contributed by atoms with Gasteiger partial charge >= 0.3 is 0 Å². The van der Waals surface area contributed by atoms with E-state index in [0.717, 1.165) is 34.1 Å². The number of rotatable bonds is 6. The molecule has 0 atom stereocenters. The Morgan fingerprint density at radius 3 is 2.27 bits per heavy atom. The van der Waals surface area contributed by atoms with Gasteiger partial charge in [-0.3, -0.25) is 4.79 Å². The lowest BCUT2D eigenvalue weighted by molar-refractivity contribution is 0.0963. The van der Waals surface area contributed by atoms with Crippen LogP contribution in [0.15, 0.2) is 83.3 Å². The van der Waals surface area contributed by atoms with Crippen molar-refractivity contribution in [2.45, 2.75) is 13.3 Å². The molecular weight excluding hydrogens is 376 g/mol. The molecule has 4 aromatic rings.